The number of nitrogens with one attached hydrogen (secondary N) is 2. The van der Waals surface area contributed by atoms with E-state index in [0.29, 0.717) is 11.1 Å². The quantitative estimate of drug-likeness (QED) is 0.0198. The van der Waals surface area contributed by atoms with Gasteiger partial charge in [-0.2, -0.15) is 0 Å². The predicted octanol–water partition coefficient (Wildman–Crippen LogP) is -10.9. The van der Waals surface area contributed by atoms with Crippen LogP contribution in [0, 0.1) is 0 Å². The van der Waals surface area contributed by atoms with E-state index in [4.69, 9.17) is 21.7 Å². The zero-order valence-electron chi connectivity index (χ0n) is 37.5. The average Bonchev–Trinajstić information content (AvgIpc) is 3.97. The van der Waals surface area contributed by atoms with Gasteiger partial charge in [-0.05, 0) is 44.1 Å². The molecule has 34 heteroatoms. The van der Waals surface area contributed by atoms with Crippen LogP contribution < -0.4 is 135 Å². The number of nitrogen functional groups attached to an aromatic ring is 2. The maximum absolute atomic E-state index is 12.8. The summed E-state index contributed by atoms with van der Waals surface area (Å²) in [5.41, 5.74) is 12.5. The normalized spacial score (nSPS) is 19.6. The van der Waals surface area contributed by atoms with Crippen LogP contribution in [-0.4, -0.2) is 164 Å². The second-order valence-corrected chi connectivity index (χ2v) is 19.0. The van der Waals surface area contributed by atoms with Gasteiger partial charge in [0.1, 0.15) is 35.9 Å². The van der Waals surface area contributed by atoms with E-state index in [1.807, 2.05) is 0 Å². The van der Waals surface area contributed by atoms with E-state index in [1.54, 1.807) is 24.3 Å². The molecule has 10 N–H and O–H groups in total. The van der Waals surface area contributed by atoms with E-state index in [9.17, 15) is 58.8 Å². The Balaban J connectivity index is 0.000000260. The number of amides is 4. The van der Waals surface area contributed by atoms with Crippen LogP contribution in [-0.2, 0) is 51.4 Å². The fourth-order valence-corrected chi connectivity index (χ4v) is 11.9. The molecule has 72 heavy (non-hydrogen) atoms. The number of nitrogens with zero attached hydrogens (tertiary/aromatic N) is 10. The summed E-state index contributed by atoms with van der Waals surface area (Å²) in [5, 5.41) is 87.6. The van der Waals surface area contributed by atoms with Gasteiger partial charge in [0.05, 0.1) is 23.3 Å². The zero-order valence-corrected chi connectivity index (χ0v) is 47.0. The Morgan fingerprint density at radius 2 is 1.03 bits per heavy atom. The molecular formula is C38H36K2N14O14S4. The van der Waals surface area contributed by atoms with Crippen molar-refractivity contribution < 1.29 is 172 Å². The summed E-state index contributed by atoms with van der Waals surface area (Å²) < 4.78 is 2.10. The molecule has 4 amide bonds. The molecule has 2 aromatic heterocycles. The average molecular weight is 1120 g/mol. The number of aliphatic hydroxyl groups excluding tert-OH is 2. The van der Waals surface area contributed by atoms with Gasteiger partial charge < -0.3 is 62.3 Å². The topological polar surface area (TPSA) is 433 Å². The smallest absolute Gasteiger partial charge is 0.543 e. The van der Waals surface area contributed by atoms with Gasteiger partial charge in [0.25, 0.3) is 23.6 Å². The third kappa shape index (κ3) is 13.1. The minimum absolute atomic E-state index is 0. The molecule has 368 valence electrons. The number of aliphatic carboxylic acids is 4. The van der Waals surface area contributed by atoms with Crippen molar-refractivity contribution in [3.8, 4) is 0 Å². The Kier molecular flexibility index (Phi) is 21.3. The van der Waals surface area contributed by atoms with Crippen LogP contribution in [0.4, 0.5) is 11.4 Å². The number of carboxylic acid groups (broad SMARTS) is 4. The first-order valence-electron chi connectivity index (χ1n) is 20.0. The van der Waals surface area contributed by atoms with Gasteiger partial charge in [-0.15, -0.1) is 33.7 Å². The number of anilines is 2. The van der Waals surface area contributed by atoms with E-state index in [0.717, 1.165) is 42.7 Å². The van der Waals surface area contributed by atoms with Gasteiger partial charge in [-0.1, -0.05) is 59.9 Å². The van der Waals surface area contributed by atoms with Gasteiger partial charge in [-0.3, -0.25) is 38.6 Å². The molecule has 6 atom stereocenters. The van der Waals surface area contributed by atoms with Crippen molar-refractivity contribution in [2.45, 2.75) is 58.4 Å². The van der Waals surface area contributed by atoms with Crippen LogP contribution in [0.3, 0.4) is 0 Å². The van der Waals surface area contributed by atoms with Gasteiger partial charge in [-0.25, -0.2) is 9.36 Å². The number of fused-ring (bicyclic) bond motifs is 2. The van der Waals surface area contributed by atoms with Crippen LogP contribution in [0.1, 0.15) is 23.3 Å². The first-order chi connectivity index (χ1) is 33.4. The minimum Gasteiger partial charge on any atom is -0.543 e. The van der Waals surface area contributed by atoms with E-state index >= 15 is 0 Å². The number of carbonyl (C=O) groups is 8. The number of nitrogens with two attached hydrogens (primary N) is 2. The fraction of sp³-hybridized carbons (Fsp3) is 0.316. The van der Waals surface area contributed by atoms with Crippen molar-refractivity contribution in [3.63, 3.8) is 0 Å². The molecule has 0 saturated carbocycles. The number of carbonyl (C=O) groups excluding carboxylic acids is 6. The molecular weight excluding hydrogens is 1080 g/mol. The number of hydrogen-bond acceptors (Lipinski definition) is 24. The summed E-state index contributed by atoms with van der Waals surface area (Å²) >= 11 is 4.49. The van der Waals surface area contributed by atoms with Crippen molar-refractivity contribution in [1.29, 1.82) is 0 Å². The molecule has 4 aliphatic heterocycles. The zero-order chi connectivity index (χ0) is 50.6. The predicted molar refractivity (Wildman–Crippen MR) is 238 cm³/mol. The van der Waals surface area contributed by atoms with E-state index in [2.05, 4.69) is 41.7 Å². The molecule has 2 saturated heterocycles. The molecule has 0 radical (unpaired) electrons. The molecule has 8 rings (SSSR count). The first-order valence-corrected chi connectivity index (χ1v) is 24.1. The standard InChI is InChI=1S/2C19H19N7O7S2.2K/c2*20-10-4-2-1-3-9(10)14(29)15(30)21-12-16(31)26-13(18(32)33)8(6-34-17(12)26)7-35-19-22-23-24-25(19)5-11(27)28;;/h2*1-4,12,14,17,29H,5-7,20H2,(H,21,30)(H,27,28)(H,32,33);;/q;;2*+1/p-2/t2*12?,14-,17-;;/m11../s1. The van der Waals surface area contributed by atoms with Crippen LogP contribution in [0.15, 0.2) is 81.4 Å². The third-order valence-electron chi connectivity index (χ3n) is 10.5. The van der Waals surface area contributed by atoms with Gasteiger partial charge in [0.2, 0.25) is 10.3 Å². The number of thioether (sulfide) groups is 4. The van der Waals surface area contributed by atoms with Crippen molar-refractivity contribution >= 4 is 106 Å². The molecule has 4 aromatic rings. The molecule has 2 unspecified atom stereocenters. The number of benzene rings is 2. The first kappa shape index (κ1) is 58.9. The summed E-state index contributed by atoms with van der Waals surface area (Å²) in [7, 11) is 0. The van der Waals surface area contributed by atoms with Gasteiger partial charge >= 0.3 is 115 Å². The molecule has 28 nitrogen and oxygen atoms in total. The minimum atomic E-state index is -1.61. The summed E-state index contributed by atoms with van der Waals surface area (Å²) in [4.78, 5) is 98.3. The summed E-state index contributed by atoms with van der Waals surface area (Å²) in [6.45, 7) is -0.934. The maximum atomic E-state index is 12.8. The van der Waals surface area contributed by atoms with E-state index in [1.165, 1.54) is 47.8 Å². The number of aliphatic hydroxyl groups is 2. The number of tetrazole rings is 2. The van der Waals surface area contributed by atoms with Crippen molar-refractivity contribution in [2.75, 3.05) is 34.5 Å². The van der Waals surface area contributed by atoms with Crippen molar-refractivity contribution in [1.82, 2.24) is 60.8 Å². The Hall–Kier alpha value is -3.99. The SMILES string of the molecule is Nc1ccccc1[C@@H](O)C(=O)NC1C(=O)N2C(C(=O)[O-])=C(CSc3nnnn3CC(=O)O)CS[C@H]12.Nc1ccccc1[C@@H](O)C(=O)NC1C(=O)N2C(C(=O)[O-])=C(CSc3nnnn3CC(=O)O)CS[C@H]12.[K+].[K+]. The third-order valence-corrected chi connectivity index (χ3v) is 15.2. The van der Waals surface area contributed by atoms with Crippen molar-refractivity contribution in [2.24, 2.45) is 0 Å². The fourth-order valence-electron chi connectivity index (χ4n) is 7.19. The van der Waals surface area contributed by atoms with Crippen LogP contribution in [0.25, 0.3) is 0 Å². The molecule has 0 bridgehead atoms. The van der Waals surface area contributed by atoms with Gasteiger partial charge in [0, 0.05) is 45.5 Å². The molecule has 4 aliphatic rings. The molecule has 2 aromatic carbocycles. The summed E-state index contributed by atoms with van der Waals surface area (Å²) in [6, 6.07) is 10.4. The Morgan fingerprint density at radius 1 is 0.667 bits per heavy atom. The molecule has 0 spiro atoms. The molecule has 0 aliphatic carbocycles. The Labute approximate surface area is 507 Å². The number of hydrogen-bond donors (Lipinski definition) is 8. The van der Waals surface area contributed by atoms with Crippen molar-refractivity contribution in [3.05, 3.63) is 82.2 Å². The largest absolute Gasteiger partial charge is 1.00 e. The maximum Gasteiger partial charge on any atom is 1.00 e. The number of β-lactam (4-membered cyclic amide) rings is 2. The van der Waals surface area contributed by atoms with Crippen LogP contribution in [0.2, 0.25) is 0 Å². The Morgan fingerprint density at radius 3 is 1.36 bits per heavy atom. The number of rotatable bonds is 18. The monoisotopic (exact) mass is 1120 g/mol. The van der Waals surface area contributed by atoms with E-state index in [-0.39, 0.29) is 170 Å². The molecule has 2 fully saturated rings. The summed E-state index contributed by atoms with van der Waals surface area (Å²) in [6.07, 6.45) is -3.21. The van der Waals surface area contributed by atoms with Crippen LogP contribution in [0.5, 0.6) is 0 Å². The van der Waals surface area contributed by atoms with Crippen LogP contribution >= 0.6 is 47.0 Å². The Bertz CT molecular complexity index is 2670. The molecule has 6 heterocycles. The second kappa shape index (κ2) is 26.0. The second-order valence-electron chi connectivity index (χ2n) is 14.9. The van der Waals surface area contributed by atoms with E-state index < -0.39 is 95.6 Å². The number of aromatic nitrogens is 8. The number of carboxylic acids is 4. The van der Waals surface area contributed by atoms with Gasteiger partial charge in [0.15, 0.2) is 12.2 Å². The number of para-hydroxylation sites is 2. The summed E-state index contributed by atoms with van der Waals surface area (Å²) in [5.74, 6) is -7.91.